The van der Waals surface area contributed by atoms with E-state index in [-0.39, 0.29) is 6.61 Å². The summed E-state index contributed by atoms with van der Waals surface area (Å²) in [6, 6.07) is 0. The minimum absolute atomic E-state index is 0.0207. The van der Waals surface area contributed by atoms with Crippen LogP contribution in [0.15, 0.2) is 6.20 Å². The molecule has 0 aromatic carbocycles. The standard InChI is InChI=1S/C8H10N2OS/c1-5-6(2)12-8-9-7(4-11)3-10(5)8/h3,11H,4H2,1-2H3. The van der Waals surface area contributed by atoms with Crippen LogP contribution in [0.4, 0.5) is 0 Å². The van der Waals surface area contributed by atoms with Crippen molar-refractivity contribution in [3.63, 3.8) is 0 Å². The quantitative estimate of drug-likeness (QED) is 0.725. The van der Waals surface area contributed by atoms with Crippen molar-refractivity contribution in [2.75, 3.05) is 0 Å². The molecular formula is C8H10N2OS. The van der Waals surface area contributed by atoms with E-state index in [4.69, 9.17) is 5.11 Å². The molecule has 0 unspecified atom stereocenters. The van der Waals surface area contributed by atoms with Gasteiger partial charge in [0, 0.05) is 16.8 Å². The molecule has 0 fully saturated rings. The maximum Gasteiger partial charge on any atom is 0.194 e. The van der Waals surface area contributed by atoms with Gasteiger partial charge in [0.2, 0.25) is 0 Å². The van der Waals surface area contributed by atoms with Crippen LogP contribution >= 0.6 is 11.3 Å². The minimum Gasteiger partial charge on any atom is -0.390 e. The van der Waals surface area contributed by atoms with Crippen molar-refractivity contribution in [2.45, 2.75) is 20.5 Å². The van der Waals surface area contributed by atoms with Gasteiger partial charge in [-0.05, 0) is 13.8 Å². The number of rotatable bonds is 1. The van der Waals surface area contributed by atoms with Gasteiger partial charge in [-0.2, -0.15) is 0 Å². The van der Waals surface area contributed by atoms with Crippen LogP contribution in [-0.2, 0) is 6.61 Å². The zero-order valence-corrected chi connectivity index (χ0v) is 7.85. The third-order valence-corrected chi connectivity index (χ3v) is 3.07. The lowest BCUT2D eigenvalue weighted by molar-refractivity contribution is 0.277. The molecular weight excluding hydrogens is 172 g/mol. The highest BCUT2D eigenvalue weighted by Gasteiger charge is 2.07. The van der Waals surface area contributed by atoms with Crippen molar-refractivity contribution in [1.82, 2.24) is 9.38 Å². The third kappa shape index (κ3) is 0.956. The normalized spacial score (nSPS) is 11.2. The molecule has 0 bridgehead atoms. The fourth-order valence-corrected chi connectivity index (χ4v) is 2.15. The van der Waals surface area contributed by atoms with E-state index in [9.17, 15) is 0 Å². The lowest BCUT2D eigenvalue weighted by atomic mass is 10.4. The molecule has 0 aliphatic rings. The summed E-state index contributed by atoms with van der Waals surface area (Å²) < 4.78 is 2.02. The smallest absolute Gasteiger partial charge is 0.194 e. The summed E-state index contributed by atoms with van der Waals surface area (Å²) in [5.41, 5.74) is 1.95. The number of aromatic nitrogens is 2. The Morgan fingerprint density at radius 1 is 1.58 bits per heavy atom. The van der Waals surface area contributed by atoms with Crippen molar-refractivity contribution >= 4 is 16.3 Å². The Morgan fingerprint density at radius 2 is 2.33 bits per heavy atom. The number of hydrogen-bond acceptors (Lipinski definition) is 3. The van der Waals surface area contributed by atoms with Crippen LogP contribution in [-0.4, -0.2) is 14.5 Å². The monoisotopic (exact) mass is 182 g/mol. The van der Waals surface area contributed by atoms with Crippen molar-refractivity contribution in [3.05, 3.63) is 22.5 Å². The fraction of sp³-hybridized carbons (Fsp3) is 0.375. The summed E-state index contributed by atoms with van der Waals surface area (Å²) in [5, 5.41) is 8.85. The summed E-state index contributed by atoms with van der Waals surface area (Å²) in [6.07, 6.45) is 1.88. The number of fused-ring (bicyclic) bond motifs is 1. The van der Waals surface area contributed by atoms with Gasteiger partial charge in [-0.25, -0.2) is 4.98 Å². The highest BCUT2D eigenvalue weighted by Crippen LogP contribution is 2.21. The van der Waals surface area contributed by atoms with E-state index in [1.54, 1.807) is 11.3 Å². The molecule has 0 radical (unpaired) electrons. The Labute approximate surface area is 74.3 Å². The summed E-state index contributed by atoms with van der Waals surface area (Å²) in [6.45, 7) is 4.15. The van der Waals surface area contributed by atoms with Gasteiger partial charge >= 0.3 is 0 Å². The molecule has 2 rings (SSSR count). The van der Waals surface area contributed by atoms with E-state index in [0.717, 1.165) is 10.7 Å². The van der Waals surface area contributed by atoms with Gasteiger partial charge in [0.25, 0.3) is 0 Å². The average Bonchev–Trinajstić information content (AvgIpc) is 2.55. The molecule has 2 aromatic heterocycles. The molecule has 0 aliphatic heterocycles. The van der Waals surface area contributed by atoms with Crippen LogP contribution in [0.5, 0.6) is 0 Å². The molecule has 4 heteroatoms. The third-order valence-electron chi connectivity index (χ3n) is 2.00. The van der Waals surface area contributed by atoms with Gasteiger partial charge in [-0.3, -0.25) is 4.40 Å². The van der Waals surface area contributed by atoms with Gasteiger partial charge < -0.3 is 5.11 Å². The second-order valence-corrected chi connectivity index (χ2v) is 3.97. The molecule has 3 nitrogen and oxygen atoms in total. The molecule has 1 N–H and O–H groups in total. The van der Waals surface area contributed by atoms with Gasteiger partial charge in [-0.1, -0.05) is 0 Å². The lowest BCUT2D eigenvalue weighted by Gasteiger charge is -1.88. The predicted molar refractivity (Wildman–Crippen MR) is 48.5 cm³/mol. The van der Waals surface area contributed by atoms with E-state index >= 15 is 0 Å². The van der Waals surface area contributed by atoms with Gasteiger partial charge in [0.05, 0.1) is 12.3 Å². The van der Waals surface area contributed by atoms with E-state index in [0.29, 0.717) is 0 Å². The van der Waals surface area contributed by atoms with Crippen molar-refractivity contribution in [2.24, 2.45) is 0 Å². The number of nitrogens with zero attached hydrogens (tertiary/aromatic N) is 2. The van der Waals surface area contributed by atoms with Crippen molar-refractivity contribution in [1.29, 1.82) is 0 Å². The van der Waals surface area contributed by atoms with E-state index in [2.05, 4.69) is 18.8 Å². The first-order chi connectivity index (χ1) is 5.72. The average molecular weight is 182 g/mol. The molecule has 12 heavy (non-hydrogen) atoms. The summed E-state index contributed by atoms with van der Waals surface area (Å²) in [4.78, 5) is 6.49. The van der Waals surface area contributed by atoms with Gasteiger partial charge in [-0.15, -0.1) is 11.3 Å². The molecule has 0 atom stereocenters. The van der Waals surface area contributed by atoms with E-state index < -0.39 is 0 Å². The lowest BCUT2D eigenvalue weighted by Crippen LogP contribution is -1.83. The maximum absolute atomic E-state index is 8.85. The molecule has 0 spiro atoms. The Morgan fingerprint density at radius 3 is 2.92 bits per heavy atom. The van der Waals surface area contributed by atoms with Crippen LogP contribution in [0.3, 0.4) is 0 Å². The summed E-state index contributed by atoms with van der Waals surface area (Å²) in [7, 11) is 0. The first-order valence-corrected chi connectivity index (χ1v) is 4.59. The molecule has 64 valence electrons. The largest absolute Gasteiger partial charge is 0.390 e. The Hall–Kier alpha value is -0.870. The molecule has 0 saturated carbocycles. The Bertz CT molecular complexity index is 416. The van der Waals surface area contributed by atoms with E-state index in [1.165, 1.54) is 10.6 Å². The van der Waals surface area contributed by atoms with Gasteiger partial charge in [0.15, 0.2) is 4.96 Å². The molecule has 0 saturated heterocycles. The second kappa shape index (κ2) is 2.57. The minimum atomic E-state index is 0.0207. The maximum atomic E-state index is 8.85. The van der Waals surface area contributed by atoms with Crippen LogP contribution < -0.4 is 0 Å². The zero-order valence-electron chi connectivity index (χ0n) is 7.03. The topological polar surface area (TPSA) is 37.5 Å². The number of thiazole rings is 1. The predicted octanol–water partition coefficient (Wildman–Crippen LogP) is 1.50. The Balaban J connectivity index is 2.71. The fourth-order valence-electron chi connectivity index (χ4n) is 1.18. The van der Waals surface area contributed by atoms with Crippen LogP contribution in [0.2, 0.25) is 0 Å². The molecule has 0 aliphatic carbocycles. The SMILES string of the molecule is Cc1sc2nc(CO)cn2c1C. The zero-order chi connectivity index (χ0) is 8.72. The molecule has 0 amide bonds. The van der Waals surface area contributed by atoms with Gasteiger partial charge in [0.1, 0.15) is 0 Å². The number of aliphatic hydroxyl groups excluding tert-OH is 1. The second-order valence-electron chi connectivity index (χ2n) is 2.79. The Kier molecular flexibility index (Phi) is 1.66. The number of aliphatic hydroxyl groups is 1. The van der Waals surface area contributed by atoms with Crippen molar-refractivity contribution < 1.29 is 5.11 Å². The number of hydrogen-bond donors (Lipinski definition) is 1. The number of imidazole rings is 1. The number of aryl methyl sites for hydroxylation is 2. The van der Waals surface area contributed by atoms with Crippen LogP contribution in [0.25, 0.3) is 4.96 Å². The highest BCUT2D eigenvalue weighted by atomic mass is 32.1. The van der Waals surface area contributed by atoms with Crippen molar-refractivity contribution in [3.8, 4) is 0 Å². The highest BCUT2D eigenvalue weighted by molar-refractivity contribution is 7.17. The molecule has 2 heterocycles. The first-order valence-electron chi connectivity index (χ1n) is 3.77. The van der Waals surface area contributed by atoms with Crippen LogP contribution in [0, 0.1) is 13.8 Å². The van der Waals surface area contributed by atoms with E-state index in [1.807, 2.05) is 10.6 Å². The molecule has 2 aromatic rings. The first kappa shape index (κ1) is 7.76. The summed E-state index contributed by atoms with van der Waals surface area (Å²) in [5.74, 6) is 0. The van der Waals surface area contributed by atoms with Crippen LogP contribution in [0.1, 0.15) is 16.3 Å². The summed E-state index contributed by atoms with van der Waals surface area (Å²) >= 11 is 1.66.